The predicted octanol–water partition coefficient (Wildman–Crippen LogP) is 3.66. The molecule has 0 spiro atoms. The minimum Gasteiger partial charge on any atom is -0.494 e. The molecule has 0 unspecified atom stereocenters. The van der Waals surface area contributed by atoms with Crippen LogP contribution in [0.25, 0.3) is 11.1 Å². The third-order valence-electron chi connectivity index (χ3n) is 2.40. The van der Waals surface area contributed by atoms with Crippen LogP contribution in [-0.4, -0.2) is 18.5 Å². The summed E-state index contributed by atoms with van der Waals surface area (Å²) >= 11 is 0. The van der Waals surface area contributed by atoms with Crippen LogP contribution in [0.1, 0.15) is 0 Å². The quantitative estimate of drug-likeness (QED) is 0.852. The number of rotatable bonds is 3. The summed E-state index contributed by atoms with van der Waals surface area (Å²) in [6.07, 6.45) is -1.57. The van der Waals surface area contributed by atoms with Gasteiger partial charge in [0.15, 0.2) is 0 Å². The first-order valence-corrected chi connectivity index (χ1v) is 5.34. The van der Waals surface area contributed by atoms with Crippen LogP contribution >= 0.6 is 0 Å². The number of ether oxygens (including phenoxy) is 2. The molecule has 0 bridgehead atoms. The number of alkyl halides is 3. The molecule has 3 nitrogen and oxygen atoms in total. The summed E-state index contributed by atoms with van der Waals surface area (Å²) in [6, 6.07) is 7.28. The molecule has 0 aliphatic heterocycles. The third-order valence-corrected chi connectivity index (χ3v) is 2.40. The Bertz CT molecular complexity index is 553. The van der Waals surface area contributed by atoms with Crippen molar-refractivity contribution in [3.05, 3.63) is 42.7 Å². The zero-order valence-electron chi connectivity index (χ0n) is 9.94. The van der Waals surface area contributed by atoms with E-state index < -0.39 is 6.36 Å². The lowest BCUT2D eigenvalue weighted by Crippen LogP contribution is -2.16. The van der Waals surface area contributed by atoms with Gasteiger partial charge in [-0.1, -0.05) is 12.1 Å². The van der Waals surface area contributed by atoms with Crippen LogP contribution in [0.15, 0.2) is 42.7 Å². The summed E-state index contributed by atoms with van der Waals surface area (Å²) in [5.74, 6) is 0.288. The maximum absolute atomic E-state index is 12.0. The van der Waals surface area contributed by atoms with Crippen LogP contribution in [0.3, 0.4) is 0 Å². The summed E-state index contributed by atoms with van der Waals surface area (Å²) in [7, 11) is 1.50. The number of hydrogen-bond acceptors (Lipinski definition) is 3. The Morgan fingerprint density at radius 2 is 1.74 bits per heavy atom. The summed E-state index contributed by atoms with van der Waals surface area (Å²) in [6.45, 7) is 0. The Labute approximate surface area is 107 Å². The predicted molar refractivity (Wildman–Crippen MR) is 62.9 cm³/mol. The number of methoxy groups -OCH3 is 1. The highest BCUT2D eigenvalue weighted by molar-refractivity contribution is 5.70. The zero-order valence-corrected chi connectivity index (χ0v) is 9.94. The summed E-state index contributed by atoms with van der Waals surface area (Å²) in [4.78, 5) is 3.91. The molecule has 0 aliphatic carbocycles. The number of hydrogen-bond donors (Lipinski definition) is 0. The van der Waals surface area contributed by atoms with Crippen LogP contribution < -0.4 is 9.47 Å². The van der Waals surface area contributed by atoms with Gasteiger partial charge in [-0.25, -0.2) is 0 Å². The van der Waals surface area contributed by atoms with Gasteiger partial charge in [-0.15, -0.1) is 13.2 Å². The topological polar surface area (TPSA) is 31.4 Å². The molecule has 0 radical (unpaired) electrons. The Morgan fingerprint density at radius 1 is 1.05 bits per heavy atom. The van der Waals surface area contributed by atoms with Crippen LogP contribution in [0, 0.1) is 0 Å². The van der Waals surface area contributed by atoms with Crippen molar-refractivity contribution in [2.75, 3.05) is 7.11 Å². The number of aromatic nitrogens is 1. The molecule has 100 valence electrons. The number of nitrogens with zero attached hydrogens (tertiary/aromatic N) is 1. The monoisotopic (exact) mass is 269 g/mol. The van der Waals surface area contributed by atoms with E-state index in [9.17, 15) is 13.2 Å². The molecule has 0 saturated heterocycles. The average molecular weight is 269 g/mol. The minimum absolute atomic E-state index is 0.260. The van der Waals surface area contributed by atoms with Gasteiger partial charge in [0.2, 0.25) is 0 Å². The first-order valence-electron chi connectivity index (χ1n) is 5.34. The summed E-state index contributed by atoms with van der Waals surface area (Å²) < 4.78 is 45.0. The summed E-state index contributed by atoms with van der Waals surface area (Å²) in [5.41, 5.74) is 1.46. The van der Waals surface area contributed by atoms with Gasteiger partial charge in [-0.05, 0) is 23.8 Å². The largest absolute Gasteiger partial charge is 0.573 e. The Hall–Kier alpha value is -2.24. The fraction of sp³-hybridized carbons (Fsp3) is 0.154. The number of benzene rings is 1. The normalized spacial score (nSPS) is 11.2. The molecule has 0 atom stereocenters. The highest BCUT2D eigenvalue weighted by atomic mass is 19.4. The second kappa shape index (κ2) is 5.17. The van der Waals surface area contributed by atoms with E-state index >= 15 is 0 Å². The van der Waals surface area contributed by atoms with Crippen molar-refractivity contribution in [1.29, 1.82) is 0 Å². The fourth-order valence-corrected chi connectivity index (χ4v) is 1.62. The molecule has 0 fully saturated rings. The van der Waals surface area contributed by atoms with E-state index in [-0.39, 0.29) is 5.75 Å². The Kier molecular flexibility index (Phi) is 3.59. The van der Waals surface area contributed by atoms with Crippen molar-refractivity contribution in [3.63, 3.8) is 0 Å². The van der Waals surface area contributed by atoms with E-state index in [0.717, 1.165) is 5.56 Å². The van der Waals surface area contributed by atoms with Gasteiger partial charge in [0.25, 0.3) is 0 Å². The van der Waals surface area contributed by atoms with Crippen LogP contribution in [0.5, 0.6) is 11.5 Å². The molecule has 0 saturated carbocycles. The lowest BCUT2D eigenvalue weighted by molar-refractivity contribution is -0.274. The molecule has 6 heteroatoms. The summed E-state index contributed by atoms with van der Waals surface area (Å²) in [5, 5.41) is 0. The average Bonchev–Trinajstić information content (AvgIpc) is 2.38. The van der Waals surface area contributed by atoms with E-state index in [4.69, 9.17) is 4.74 Å². The van der Waals surface area contributed by atoms with Crippen molar-refractivity contribution < 1.29 is 22.6 Å². The fourth-order valence-electron chi connectivity index (χ4n) is 1.62. The smallest absolute Gasteiger partial charge is 0.494 e. The molecule has 1 aromatic carbocycles. The Balaban J connectivity index is 2.27. The molecule has 0 amide bonds. The minimum atomic E-state index is -4.68. The second-order valence-electron chi connectivity index (χ2n) is 3.65. The standard InChI is InChI=1S/C13H10F3NO2/c1-18-12-8-17-7-6-11(12)9-2-4-10(5-3-9)19-13(14,15)16/h2-8H,1H3. The third kappa shape index (κ3) is 3.37. The molecule has 2 aromatic rings. The van der Waals surface area contributed by atoms with Gasteiger partial charge in [0.1, 0.15) is 11.5 Å². The van der Waals surface area contributed by atoms with Gasteiger partial charge in [-0.2, -0.15) is 0 Å². The SMILES string of the molecule is COc1cnccc1-c1ccc(OC(F)(F)F)cc1. The first-order chi connectivity index (χ1) is 8.99. The van der Waals surface area contributed by atoms with Crippen LogP contribution in [0.4, 0.5) is 13.2 Å². The van der Waals surface area contributed by atoms with Gasteiger partial charge in [0.05, 0.1) is 13.3 Å². The maximum Gasteiger partial charge on any atom is 0.573 e. The molecule has 1 aromatic heterocycles. The van der Waals surface area contributed by atoms with Crippen LogP contribution in [-0.2, 0) is 0 Å². The molecule has 1 heterocycles. The number of halogens is 3. The molecule has 0 N–H and O–H groups in total. The van der Waals surface area contributed by atoms with E-state index in [1.54, 1.807) is 12.3 Å². The maximum atomic E-state index is 12.0. The van der Waals surface area contributed by atoms with Gasteiger partial charge < -0.3 is 9.47 Å². The van der Waals surface area contributed by atoms with Gasteiger partial charge >= 0.3 is 6.36 Å². The van der Waals surface area contributed by atoms with Gasteiger partial charge in [0, 0.05) is 11.8 Å². The molecule has 2 rings (SSSR count). The van der Waals surface area contributed by atoms with Crippen LogP contribution in [0.2, 0.25) is 0 Å². The molecule has 0 aliphatic rings. The highest BCUT2D eigenvalue weighted by Crippen LogP contribution is 2.31. The van der Waals surface area contributed by atoms with Crippen molar-refractivity contribution in [3.8, 4) is 22.6 Å². The zero-order chi connectivity index (χ0) is 13.9. The second-order valence-corrected chi connectivity index (χ2v) is 3.65. The van der Waals surface area contributed by atoms with Crippen molar-refractivity contribution in [2.45, 2.75) is 6.36 Å². The highest BCUT2D eigenvalue weighted by Gasteiger charge is 2.30. The first kappa shape index (κ1) is 13.2. The van der Waals surface area contributed by atoms with E-state index in [1.807, 2.05) is 0 Å². The Morgan fingerprint density at radius 3 is 2.32 bits per heavy atom. The van der Waals surface area contributed by atoms with Crippen molar-refractivity contribution in [2.24, 2.45) is 0 Å². The van der Waals surface area contributed by atoms with Crippen molar-refractivity contribution >= 4 is 0 Å². The van der Waals surface area contributed by atoms with E-state index in [2.05, 4.69) is 9.72 Å². The lowest BCUT2D eigenvalue weighted by Gasteiger charge is -2.10. The molecular formula is C13H10F3NO2. The van der Waals surface area contributed by atoms with Crippen molar-refractivity contribution in [1.82, 2.24) is 4.98 Å². The van der Waals surface area contributed by atoms with E-state index in [1.165, 1.54) is 37.6 Å². The molecular weight excluding hydrogens is 259 g/mol. The number of pyridine rings is 1. The van der Waals surface area contributed by atoms with Gasteiger partial charge in [-0.3, -0.25) is 4.98 Å². The molecule has 19 heavy (non-hydrogen) atoms. The lowest BCUT2D eigenvalue weighted by atomic mass is 10.1. The van der Waals surface area contributed by atoms with E-state index in [0.29, 0.717) is 11.3 Å².